The number of benzene rings is 2. The van der Waals surface area contributed by atoms with Gasteiger partial charge in [0, 0.05) is 16.7 Å². The van der Waals surface area contributed by atoms with Gasteiger partial charge in [-0.25, -0.2) is 0 Å². The lowest BCUT2D eigenvalue weighted by atomic mass is 9.86. The topological polar surface area (TPSA) is 84.4 Å². The molecule has 0 saturated heterocycles. The summed E-state index contributed by atoms with van der Waals surface area (Å²) in [6.07, 6.45) is 0. The second kappa shape index (κ2) is 4.33. The van der Waals surface area contributed by atoms with E-state index in [0.717, 1.165) is 0 Å². The zero-order valence-corrected chi connectivity index (χ0v) is 10.4. The van der Waals surface area contributed by atoms with Gasteiger partial charge in [-0.3, -0.25) is 9.59 Å². The van der Waals surface area contributed by atoms with Gasteiger partial charge >= 0.3 is 0 Å². The number of nitrogens with one attached hydrogen (secondary N) is 1. The van der Waals surface area contributed by atoms with Gasteiger partial charge in [-0.1, -0.05) is 54.6 Å². The summed E-state index contributed by atoms with van der Waals surface area (Å²) in [5, 5.41) is 3.69. The van der Waals surface area contributed by atoms with Crippen LogP contribution in [0, 0.1) is 5.53 Å². The Kier molecular flexibility index (Phi) is 2.63. The maximum Gasteiger partial charge on any atom is 0.293 e. The van der Waals surface area contributed by atoms with Crippen molar-refractivity contribution in [2.75, 3.05) is 0 Å². The van der Waals surface area contributed by atoms with E-state index in [4.69, 9.17) is 5.53 Å². The standard InChI is InChI=1S/C15H10N3O2/c16-18-17-15(10-6-2-1-3-7-10)13(19)11-8-4-5-9-12(11)14(15)20/h1-9,16H/q+1. The van der Waals surface area contributed by atoms with E-state index >= 15 is 0 Å². The van der Waals surface area contributed by atoms with Crippen LogP contribution in [0.5, 0.6) is 0 Å². The van der Waals surface area contributed by atoms with Crippen molar-refractivity contribution in [3.8, 4) is 0 Å². The second-order valence-corrected chi connectivity index (χ2v) is 4.48. The highest BCUT2D eigenvalue weighted by Gasteiger charge is 2.59. The minimum atomic E-state index is -1.74. The normalized spacial score (nSPS) is 15.6. The van der Waals surface area contributed by atoms with Crippen LogP contribution in [0.4, 0.5) is 0 Å². The number of ketones is 2. The molecule has 5 nitrogen and oxygen atoms in total. The van der Waals surface area contributed by atoms with Gasteiger partial charge in [0.1, 0.15) is 10.6 Å². The number of fused-ring (bicyclic) bond motifs is 1. The summed E-state index contributed by atoms with van der Waals surface area (Å²) in [6.45, 7) is 0. The summed E-state index contributed by atoms with van der Waals surface area (Å²) in [6, 6.07) is 15.1. The SMILES string of the molecule is N=[N+]=NC1(c2ccccc2)C(=O)c2ccccc2C1=O. The molecule has 0 bridgehead atoms. The number of carbonyl (C=O) groups excluding carboxylic acids is 2. The average Bonchev–Trinajstić information content (AvgIpc) is 2.72. The van der Waals surface area contributed by atoms with Crippen molar-refractivity contribution in [2.24, 2.45) is 5.11 Å². The lowest BCUT2D eigenvalue weighted by molar-refractivity contribution is 0.0792. The van der Waals surface area contributed by atoms with Crippen molar-refractivity contribution in [1.82, 2.24) is 4.91 Å². The third-order valence-electron chi connectivity index (χ3n) is 3.47. The molecule has 0 unspecified atom stereocenters. The van der Waals surface area contributed by atoms with Crippen molar-refractivity contribution in [1.29, 1.82) is 5.53 Å². The van der Waals surface area contributed by atoms with Gasteiger partial charge in [0.15, 0.2) is 0 Å². The van der Waals surface area contributed by atoms with E-state index in [-0.39, 0.29) is 0 Å². The summed E-state index contributed by atoms with van der Waals surface area (Å²) < 4.78 is 0. The fourth-order valence-corrected chi connectivity index (χ4v) is 2.54. The quantitative estimate of drug-likeness (QED) is 0.513. The summed E-state index contributed by atoms with van der Waals surface area (Å²) >= 11 is 0. The van der Waals surface area contributed by atoms with E-state index in [1.165, 1.54) is 0 Å². The predicted octanol–water partition coefficient (Wildman–Crippen LogP) is 2.51. The Bertz CT molecular complexity index is 727. The first kappa shape index (κ1) is 12.1. The molecule has 0 aromatic heterocycles. The summed E-state index contributed by atoms with van der Waals surface area (Å²) in [7, 11) is 0. The highest BCUT2D eigenvalue weighted by Crippen LogP contribution is 2.40. The molecule has 1 aliphatic carbocycles. The fourth-order valence-electron chi connectivity index (χ4n) is 2.54. The second-order valence-electron chi connectivity index (χ2n) is 4.48. The zero-order chi connectivity index (χ0) is 14.2. The lowest BCUT2D eigenvalue weighted by Crippen LogP contribution is -2.36. The molecule has 1 aliphatic rings. The van der Waals surface area contributed by atoms with E-state index < -0.39 is 17.1 Å². The van der Waals surface area contributed by atoms with E-state index in [1.54, 1.807) is 54.6 Å². The van der Waals surface area contributed by atoms with Crippen molar-refractivity contribution >= 4 is 11.6 Å². The third kappa shape index (κ3) is 1.41. The van der Waals surface area contributed by atoms with Gasteiger partial charge in [0.2, 0.25) is 16.5 Å². The minimum Gasteiger partial charge on any atom is -0.290 e. The molecule has 0 heterocycles. The summed E-state index contributed by atoms with van der Waals surface area (Å²) in [5.74, 6) is -0.861. The van der Waals surface area contributed by atoms with Crippen LogP contribution in [-0.4, -0.2) is 11.6 Å². The molecular weight excluding hydrogens is 254 g/mol. The van der Waals surface area contributed by atoms with Crippen molar-refractivity contribution in [3.63, 3.8) is 0 Å². The van der Waals surface area contributed by atoms with Gasteiger partial charge in [0.25, 0.3) is 5.54 Å². The number of Topliss-reactive ketones (excluding diaryl/α,β-unsaturated/α-hetero) is 2. The Balaban J connectivity index is 2.33. The molecule has 0 saturated carbocycles. The average molecular weight is 264 g/mol. The number of carbonyl (C=O) groups is 2. The molecule has 3 rings (SSSR count). The Morgan fingerprint density at radius 3 is 1.85 bits per heavy atom. The van der Waals surface area contributed by atoms with Gasteiger partial charge in [-0.05, 0) is 0 Å². The first-order valence-corrected chi connectivity index (χ1v) is 6.04. The molecule has 2 aromatic carbocycles. The molecule has 0 spiro atoms. The van der Waals surface area contributed by atoms with Gasteiger partial charge in [-0.15, -0.1) is 0 Å². The highest BCUT2D eigenvalue weighted by molar-refractivity contribution is 6.32. The van der Waals surface area contributed by atoms with Gasteiger partial charge in [0.05, 0.1) is 0 Å². The van der Waals surface area contributed by atoms with E-state index in [0.29, 0.717) is 16.7 Å². The predicted molar refractivity (Wildman–Crippen MR) is 70.5 cm³/mol. The van der Waals surface area contributed by atoms with Crippen LogP contribution >= 0.6 is 0 Å². The van der Waals surface area contributed by atoms with Crippen LogP contribution < -0.4 is 4.91 Å². The molecule has 1 N–H and O–H groups in total. The Hall–Kier alpha value is -2.91. The molecule has 2 aromatic rings. The molecule has 0 atom stereocenters. The van der Waals surface area contributed by atoms with Crippen molar-refractivity contribution in [3.05, 3.63) is 71.3 Å². The molecule has 0 amide bonds. The van der Waals surface area contributed by atoms with Crippen LogP contribution in [0.15, 0.2) is 59.7 Å². The molecule has 0 aliphatic heterocycles. The van der Waals surface area contributed by atoms with Crippen LogP contribution in [0.2, 0.25) is 0 Å². The molecular formula is C15H10N3O2+. The van der Waals surface area contributed by atoms with Gasteiger partial charge in [-0.2, -0.15) is 0 Å². The monoisotopic (exact) mass is 264 g/mol. The maximum absolute atomic E-state index is 12.7. The molecule has 0 radical (unpaired) electrons. The van der Waals surface area contributed by atoms with Gasteiger partial charge < -0.3 is 0 Å². The first-order chi connectivity index (χ1) is 9.71. The largest absolute Gasteiger partial charge is 0.293 e. The molecule has 0 fully saturated rings. The van der Waals surface area contributed by atoms with Crippen LogP contribution in [0.3, 0.4) is 0 Å². The smallest absolute Gasteiger partial charge is 0.290 e. The van der Waals surface area contributed by atoms with E-state index in [2.05, 4.69) is 10.0 Å². The third-order valence-corrected chi connectivity index (χ3v) is 3.47. The fraction of sp³-hybridized carbons (Fsp3) is 0.0667. The van der Waals surface area contributed by atoms with Crippen LogP contribution in [0.25, 0.3) is 0 Å². The number of hydrogen-bond acceptors (Lipinski definition) is 4. The maximum atomic E-state index is 12.7. The molecule has 20 heavy (non-hydrogen) atoms. The number of nitrogens with zero attached hydrogens (tertiary/aromatic N) is 2. The lowest BCUT2D eigenvalue weighted by Gasteiger charge is -2.13. The van der Waals surface area contributed by atoms with E-state index in [9.17, 15) is 9.59 Å². The van der Waals surface area contributed by atoms with Crippen molar-refractivity contribution < 1.29 is 9.59 Å². The molecule has 5 heteroatoms. The number of hydrogen-bond donors (Lipinski definition) is 1. The number of rotatable bonds is 2. The Morgan fingerprint density at radius 1 is 0.850 bits per heavy atom. The van der Waals surface area contributed by atoms with Crippen molar-refractivity contribution in [2.45, 2.75) is 5.54 Å². The van der Waals surface area contributed by atoms with E-state index in [1.807, 2.05) is 0 Å². The van der Waals surface area contributed by atoms with Crippen LogP contribution in [0.1, 0.15) is 26.3 Å². The summed E-state index contributed by atoms with van der Waals surface area (Å²) in [4.78, 5) is 28.3. The Morgan fingerprint density at radius 2 is 1.35 bits per heavy atom. The Labute approximate surface area is 114 Å². The minimum absolute atomic E-state index is 0.328. The van der Waals surface area contributed by atoms with Crippen LogP contribution in [-0.2, 0) is 5.54 Å². The highest BCUT2D eigenvalue weighted by atomic mass is 16.2. The zero-order valence-electron chi connectivity index (χ0n) is 10.4. The first-order valence-electron chi connectivity index (χ1n) is 6.04. The summed E-state index contributed by atoms with van der Waals surface area (Å²) in [5.41, 5.74) is 6.33. The molecule has 96 valence electrons.